The van der Waals surface area contributed by atoms with E-state index in [-0.39, 0.29) is 18.6 Å². The van der Waals surface area contributed by atoms with Crippen molar-refractivity contribution in [3.05, 3.63) is 11.6 Å². The molecule has 3 aliphatic rings. The lowest BCUT2D eigenvalue weighted by Gasteiger charge is -2.44. The van der Waals surface area contributed by atoms with Crippen LogP contribution in [0, 0.1) is 5.92 Å². The van der Waals surface area contributed by atoms with Crippen molar-refractivity contribution in [1.82, 2.24) is 5.32 Å². The molecule has 1 aliphatic heterocycles. The summed E-state index contributed by atoms with van der Waals surface area (Å²) in [5.41, 5.74) is 0.0590. The molecule has 2 aliphatic carbocycles. The summed E-state index contributed by atoms with van der Waals surface area (Å²) in [6.45, 7) is -1.55. The van der Waals surface area contributed by atoms with Crippen molar-refractivity contribution >= 4 is 0 Å². The molecule has 14 atom stereocenters. The minimum absolute atomic E-state index is 0.0129. The zero-order valence-corrected chi connectivity index (χ0v) is 18.2. The first kappa shape index (κ1) is 27.8. The van der Waals surface area contributed by atoms with E-state index in [2.05, 4.69) is 5.32 Å². The second kappa shape index (κ2) is 11.5. The quantitative estimate of drug-likeness (QED) is 0.146. The van der Waals surface area contributed by atoms with Crippen molar-refractivity contribution in [1.29, 1.82) is 0 Å². The van der Waals surface area contributed by atoms with Crippen LogP contribution in [0.3, 0.4) is 0 Å². The largest absolute Gasteiger partial charge is 0.394 e. The van der Waals surface area contributed by atoms with Gasteiger partial charge in [-0.1, -0.05) is 6.08 Å². The first-order chi connectivity index (χ1) is 16.0. The molecule has 34 heavy (non-hydrogen) atoms. The lowest BCUT2D eigenvalue weighted by molar-refractivity contribution is -0.306. The Bertz CT molecular complexity index is 695. The number of ether oxygens (including phenoxy) is 2. The number of aliphatic hydroxyl groups is 11. The number of nitrogens with one attached hydrogen (secondary N) is 1. The monoisotopic (exact) mass is 497 g/mol. The molecule has 0 aromatic carbocycles. The van der Waals surface area contributed by atoms with Crippen molar-refractivity contribution in [3.8, 4) is 0 Å². The molecule has 14 nitrogen and oxygen atoms in total. The van der Waals surface area contributed by atoms with E-state index in [1.165, 1.54) is 6.08 Å². The van der Waals surface area contributed by atoms with Crippen molar-refractivity contribution in [2.45, 2.75) is 85.8 Å². The summed E-state index contributed by atoms with van der Waals surface area (Å²) in [7, 11) is 0. The average molecular weight is 497 g/mol. The topological polar surface area (TPSA) is 253 Å². The standard InChI is InChI=1S/C20H35NO13/c22-3-6-1-8(13(26)16(29)11(6)24)21-9-2-7(12(25)17(30)14(9)27)5-33-20-19(32)18(31)15(28)10(4-23)34-20/h1,7-32H,2-5H2/t7-,8+,9-,10+,11+,12-,13-,14+,15+,16-,17+,18-,19+,20+/m1/s1. The van der Waals surface area contributed by atoms with E-state index >= 15 is 0 Å². The van der Waals surface area contributed by atoms with Gasteiger partial charge in [0, 0.05) is 12.0 Å². The Morgan fingerprint density at radius 2 is 1.44 bits per heavy atom. The van der Waals surface area contributed by atoms with Gasteiger partial charge in [0.15, 0.2) is 6.29 Å². The number of hydrogen-bond donors (Lipinski definition) is 12. The predicted molar refractivity (Wildman–Crippen MR) is 110 cm³/mol. The van der Waals surface area contributed by atoms with Crippen LogP contribution in [0.4, 0.5) is 0 Å². The van der Waals surface area contributed by atoms with Crippen LogP contribution in [0.1, 0.15) is 6.42 Å². The van der Waals surface area contributed by atoms with Crippen molar-refractivity contribution < 1.29 is 65.6 Å². The van der Waals surface area contributed by atoms with Crippen LogP contribution in [-0.2, 0) is 9.47 Å². The van der Waals surface area contributed by atoms with Gasteiger partial charge < -0.3 is 71.0 Å². The van der Waals surface area contributed by atoms with Crippen LogP contribution in [0.2, 0.25) is 0 Å². The summed E-state index contributed by atoms with van der Waals surface area (Å²) in [5, 5.41) is 113. The fourth-order valence-corrected chi connectivity index (χ4v) is 4.67. The molecule has 0 radical (unpaired) electrons. The van der Waals surface area contributed by atoms with Crippen molar-refractivity contribution in [3.63, 3.8) is 0 Å². The van der Waals surface area contributed by atoms with E-state index in [1.54, 1.807) is 0 Å². The summed E-state index contributed by atoms with van der Waals surface area (Å²) in [6.07, 6.45) is -15.4. The zero-order chi connectivity index (χ0) is 25.3. The first-order valence-electron chi connectivity index (χ1n) is 11.1. The summed E-state index contributed by atoms with van der Waals surface area (Å²) in [4.78, 5) is 0. The van der Waals surface area contributed by atoms with Gasteiger partial charge in [0.1, 0.15) is 48.8 Å². The molecule has 2 fully saturated rings. The second-order valence-corrected chi connectivity index (χ2v) is 9.12. The minimum atomic E-state index is -1.66. The fourth-order valence-electron chi connectivity index (χ4n) is 4.67. The van der Waals surface area contributed by atoms with E-state index in [0.29, 0.717) is 0 Å². The van der Waals surface area contributed by atoms with Crippen molar-refractivity contribution in [2.24, 2.45) is 5.92 Å². The van der Waals surface area contributed by atoms with Crippen LogP contribution in [0.15, 0.2) is 11.6 Å². The van der Waals surface area contributed by atoms with Crippen LogP contribution in [-0.4, -0.2) is 155 Å². The molecule has 0 spiro atoms. The lowest BCUT2D eigenvalue weighted by atomic mass is 9.78. The molecular weight excluding hydrogens is 462 g/mol. The molecule has 3 rings (SSSR count). The fraction of sp³-hybridized carbons (Fsp3) is 0.900. The molecule has 0 bridgehead atoms. The highest BCUT2D eigenvalue weighted by molar-refractivity contribution is 5.22. The SMILES string of the molecule is OCC1=C[C@H](N[C@@H]2C[C@H](CO[C@H]3O[C@@H](CO)[C@H](O)[C@@H](O)[C@@H]3O)[C@@H](O)[C@H](O)[C@H]2O)[C@@H](O)[C@H](O)[C@H]1O. The van der Waals surface area contributed by atoms with E-state index in [0.717, 1.165) is 0 Å². The Labute approximate surface area is 194 Å². The Balaban J connectivity index is 1.67. The molecule has 198 valence electrons. The van der Waals surface area contributed by atoms with E-state index in [4.69, 9.17) is 9.47 Å². The van der Waals surface area contributed by atoms with Crippen LogP contribution < -0.4 is 5.32 Å². The van der Waals surface area contributed by atoms with Crippen LogP contribution >= 0.6 is 0 Å². The van der Waals surface area contributed by atoms with E-state index < -0.39 is 98.5 Å². The zero-order valence-electron chi connectivity index (χ0n) is 18.2. The number of rotatable bonds is 7. The minimum Gasteiger partial charge on any atom is -0.394 e. The van der Waals surface area contributed by atoms with E-state index in [1.807, 2.05) is 0 Å². The third-order valence-electron chi connectivity index (χ3n) is 6.88. The van der Waals surface area contributed by atoms with Gasteiger partial charge in [-0.05, 0) is 12.0 Å². The molecule has 1 saturated carbocycles. The molecule has 14 heteroatoms. The predicted octanol–water partition coefficient (Wildman–Crippen LogP) is -6.75. The van der Waals surface area contributed by atoms with Gasteiger partial charge in [-0.15, -0.1) is 0 Å². The normalized spacial score (nSPS) is 50.1. The summed E-state index contributed by atoms with van der Waals surface area (Å²) in [6, 6.07) is -1.94. The first-order valence-corrected chi connectivity index (χ1v) is 11.1. The maximum atomic E-state index is 10.4. The van der Waals surface area contributed by atoms with Crippen LogP contribution in [0.5, 0.6) is 0 Å². The summed E-state index contributed by atoms with van der Waals surface area (Å²) in [5.74, 6) is -0.833. The van der Waals surface area contributed by atoms with Gasteiger partial charge in [-0.2, -0.15) is 0 Å². The number of hydrogen-bond acceptors (Lipinski definition) is 14. The Kier molecular flexibility index (Phi) is 9.38. The molecule has 0 unspecified atom stereocenters. The van der Waals surface area contributed by atoms with E-state index in [9.17, 15) is 56.2 Å². The maximum Gasteiger partial charge on any atom is 0.186 e. The molecular formula is C20H35NO13. The van der Waals surface area contributed by atoms with Gasteiger partial charge in [0.05, 0.1) is 38.1 Å². The van der Waals surface area contributed by atoms with Gasteiger partial charge in [-0.25, -0.2) is 0 Å². The van der Waals surface area contributed by atoms with Gasteiger partial charge in [-0.3, -0.25) is 0 Å². The summed E-state index contributed by atoms with van der Waals surface area (Å²) < 4.78 is 10.7. The molecule has 12 N–H and O–H groups in total. The summed E-state index contributed by atoms with van der Waals surface area (Å²) >= 11 is 0. The van der Waals surface area contributed by atoms with Gasteiger partial charge >= 0.3 is 0 Å². The molecule has 0 aromatic rings. The third kappa shape index (κ3) is 5.45. The van der Waals surface area contributed by atoms with Gasteiger partial charge in [0.25, 0.3) is 0 Å². The van der Waals surface area contributed by atoms with Crippen molar-refractivity contribution in [2.75, 3.05) is 19.8 Å². The highest BCUT2D eigenvalue weighted by atomic mass is 16.7. The number of aliphatic hydroxyl groups excluding tert-OH is 11. The Morgan fingerprint density at radius 3 is 2.06 bits per heavy atom. The molecule has 1 saturated heterocycles. The highest BCUT2D eigenvalue weighted by Gasteiger charge is 2.47. The highest BCUT2D eigenvalue weighted by Crippen LogP contribution is 2.30. The molecule has 1 heterocycles. The molecule has 0 amide bonds. The average Bonchev–Trinajstić information content (AvgIpc) is 2.83. The third-order valence-corrected chi connectivity index (χ3v) is 6.88. The molecule has 0 aromatic heterocycles. The second-order valence-electron chi connectivity index (χ2n) is 9.12. The lowest BCUT2D eigenvalue weighted by Crippen LogP contribution is -2.64. The Morgan fingerprint density at radius 1 is 0.794 bits per heavy atom. The smallest absolute Gasteiger partial charge is 0.186 e. The van der Waals surface area contributed by atoms with Crippen LogP contribution in [0.25, 0.3) is 0 Å². The van der Waals surface area contributed by atoms with Gasteiger partial charge in [0.2, 0.25) is 0 Å². The maximum absolute atomic E-state index is 10.4. The Hall–Kier alpha value is -0.820.